The van der Waals surface area contributed by atoms with E-state index in [1.54, 1.807) is 25.4 Å². The molecule has 6 nitrogen and oxygen atoms in total. The van der Waals surface area contributed by atoms with Crippen LogP contribution in [0.5, 0.6) is 5.88 Å². The first-order valence-electron chi connectivity index (χ1n) is 9.97. The smallest absolute Gasteiger partial charge is 0.228 e. The Bertz CT molecular complexity index is 923. The molecule has 0 bridgehead atoms. The van der Waals surface area contributed by atoms with E-state index >= 15 is 0 Å². The van der Waals surface area contributed by atoms with Crippen molar-refractivity contribution in [3.63, 3.8) is 0 Å². The Labute approximate surface area is 170 Å². The molecule has 2 amide bonds. The minimum atomic E-state index is -0.383. The number of allylic oxidation sites excluding steroid dienone is 2. The molecule has 0 saturated carbocycles. The first kappa shape index (κ1) is 19.2. The largest absolute Gasteiger partial charge is 0.481 e. The third kappa shape index (κ3) is 4.16. The molecule has 2 aliphatic rings. The zero-order valence-corrected chi connectivity index (χ0v) is 16.5. The fourth-order valence-electron chi connectivity index (χ4n) is 4.11. The molecule has 2 unspecified atom stereocenters. The highest BCUT2D eigenvalue weighted by Gasteiger charge is 2.37. The van der Waals surface area contributed by atoms with Crippen LogP contribution in [0.1, 0.15) is 24.0 Å². The van der Waals surface area contributed by atoms with Crippen LogP contribution in [0.4, 0.5) is 5.69 Å². The predicted molar refractivity (Wildman–Crippen MR) is 110 cm³/mol. The Balaban J connectivity index is 1.46. The maximum absolute atomic E-state index is 13.3. The highest BCUT2D eigenvalue weighted by molar-refractivity contribution is 5.96. The summed E-state index contributed by atoms with van der Waals surface area (Å²) in [6, 6.07) is 11.7. The fraction of sp³-hybridized carbons (Fsp3) is 0.348. The Kier molecular flexibility index (Phi) is 5.60. The van der Waals surface area contributed by atoms with Crippen LogP contribution >= 0.6 is 0 Å². The molecule has 29 heavy (non-hydrogen) atoms. The number of ether oxygens (including phenoxy) is 1. The SMILES string of the molecule is COc1ccc(NC(=O)C2CC=CCC2C(=O)N2CCc3ccccc3C2)cn1. The Hall–Kier alpha value is -3.15. The van der Waals surface area contributed by atoms with Crippen LogP contribution in [0.15, 0.2) is 54.7 Å². The number of rotatable bonds is 4. The van der Waals surface area contributed by atoms with Crippen molar-refractivity contribution in [1.29, 1.82) is 0 Å². The number of aromatic nitrogens is 1. The number of carbonyl (C=O) groups is 2. The van der Waals surface area contributed by atoms with Gasteiger partial charge in [0.25, 0.3) is 0 Å². The Morgan fingerprint density at radius 1 is 1.07 bits per heavy atom. The second-order valence-corrected chi connectivity index (χ2v) is 7.51. The minimum absolute atomic E-state index is 0.0665. The molecule has 2 aromatic rings. The minimum Gasteiger partial charge on any atom is -0.481 e. The monoisotopic (exact) mass is 391 g/mol. The summed E-state index contributed by atoms with van der Waals surface area (Å²) in [6.45, 7) is 1.32. The third-order valence-corrected chi connectivity index (χ3v) is 5.74. The number of pyridine rings is 1. The number of anilines is 1. The fourth-order valence-corrected chi connectivity index (χ4v) is 4.11. The van der Waals surface area contributed by atoms with Crippen molar-refractivity contribution in [2.75, 3.05) is 19.0 Å². The summed E-state index contributed by atoms with van der Waals surface area (Å²) in [5.74, 6) is -0.306. The Morgan fingerprint density at radius 2 is 1.83 bits per heavy atom. The zero-order valence-electron chi connectivity index (χ0n) is 16.5. The van der Waals surface area contributed by atoms with Gasteiger partial charge in [0.2, 0.25) is 17.7 Å². The average Bonchev–Trinajstić information content (AvgIpc) is 2.78. The van der Waals surface area contributed by atoms with Crippen molar-refractivity contribution >= 4 is 17.5 Å². The van der Waals surface area contributed by atoms with E-state index in [4.69, 9.17) is 4.74 Å². The van der Waals surface area contributed by atoms with E-state index < -0.39 is 0 Å². The first-order valence-corrected chi connectivity index (χ1v) is 9.97. The normalized spacial score (nSPS) is 20.7. The van der Waals surface area contributed by atoms with Crippen LogP contribution in [0, 0.1) is 11.8 Å². The van der Waals surface area contributed by atoms with Gasteiger partial charge in [-0.3, -0.25) is 9.59 Å². The molecule has 150 valence electrons. The summed E-state index contributed by atoms with van der Waals surface area (Å²) < 4.78 is 5.05. The number of benzene rings is 1. The van der Waals surface area contributed by atoms with E-state index in [1.165, 1.54) is 11.1 Å². The molecule has 2 atom stereocenters. The molecule has 6 heteroatoms. The molecule has 2 heterocycles. The topological polar surface area (TPSA) is 71.5 Å². The highest BCUT2D eigenvalue weighted by Crippen LogP contribution is 2.30. The summed E-state index contributed by atoms with van der Waals surface area (Å²) in [5, 5.41) is 2.90. The lowest BCUT2D eigenvalue weighted by Crippen LogP contribution is -2.45. The summed E-state index contributed by atoms with van der Waals surface area (Å²) in [5.41, 5.74) is 3.11. The average molecular weight is 391 g/mol. The lowest BCUT2D eigenvalue weighted by atomic mass is 9.81. The number of fused-ring (bicyclic) bond motifs is 1. The van der Waals surface area contributed by atoms with Gasteiger partial charge in [0.05, 0.1) is 30.8 Å². The van der Waals surface area contributed by atoms with E-state index in [1.807, 2.05) is 29.2 Å². The standard InChI is InChI=1S/C23H25N3O3/c1-29-21-11-10-18(14-24-21)25-22(27)19-8-4-5-9-20(19)23(28)26-13-12-16-6-2-3-7-17(16)15-26/h2-7,10-11,14,19-20H,8-9,12-13,15H2,1H3,(H,25,27). The van der Waals surface area contributed by atoms with Crippen molar-refractivity contribution in [1.82, 2.24) is 9.88 Å². The quantitative estimate of drug-likeness (QED) is 0.813. The van der Waals surface area contributed by atoms with Gasteiger partial charge >= 0.3 is 0 Å². The second kappa shape index (κ2) is 8.47. The van der Waals surface area contributed by atoms with Crippen molar-refractivity contribution in [3.8, 4) is 5.88 Å². The number of methoxy groups -OCH3 is 1. The maximum atomic E-state index is 13.3. The molecule has 0 fully saturated rings. The summed E-state index contributed by atoms with van der Waals surface area (Å²) in [4.78, 5) is 32.3. The lowest BCUT2D eigenvalue weighted by molar-refractivity contribution is -0.141. The van der Waals surface area contributed by atoms with E-state index in [0.717, 1.165) is 6.42 Å². The van der Waals surface area contributed by atoms with Gasteiger partial charge in [0.1, 0.15) is 0 Å². The van der Waals surface area contributed by atoms with E-state index in [2.05, 4.69) is 22.4 Å². The molecule has 1 aliphatic heterocycles. The number of carbonyl (C=O) groups excluding carboxylic acids is 2. The van der Waals surface area contributed by atoms with Gasteiger partial charge in [-0.1, -0.05) is 36.4 Å². The molecule has 0 spiro atoms. The maximum Gasteiger partial charge on any atom is 0.228 e. The molecule has 0 saturated heterocycles. The van der Waals surface area contributed by atoms with E-state index in [9.17, 15) is 9.59 Å². The molecule has 1 aromatic heterocycles. The van der Waals surface area contributed by atoms with Crippen LogP contribution in [0.3, 0.4) is 0 Å². The van der Waals surface area contributed by atoms with Crippen molar-refractivity contribution in [3.05, 3.63) is 65.9 Å². The predicted octanol–water partition coefficient (Wildman–Crippen LogP) is 3.20. The lowest BCUT2D eigenvalue weighted by Gasteiger charge is -2.35. The van der Waals surface area contributed by atoms with Gasteiger partial charge < -0.3 is 15.0 Å². The van der Waals surface area contributed by atoms with Crippen molar-refractivity contribution < 1.29 is 14.3 Å². The molecule has 1 N–H and O–H groups in total. The van der Waals surface area contributed by atoms with Crippen LogP contribution in [0.2, 0.25) is 0 Å². The van der Waals surface area contributed by atoms with Gasteiger partial charge in [-0.25, -0.2) is 4.98 Å². The van der Waals surface area contributed by atoms with Crippen LogP contribution in [-0.2, 0) is 22.6 Å². The molecule has 4 rings (SSSR count). The second-order valence-electron chi connectivity index (χ2n) is 7.51. The van der Waals surface area contributed by atoms with Crippen molar-refractivity contribution in [2.45, 2.75) is 25.8 Å². The summed E-state index contributed by atoms with van der Waals surface area (Å²) in [7, 11) is 1.55. The molecule has 0 radical (unpaired) electrons. The van der Waals surface area contributed by atoms with Gasteiger partial charge in [0, 0.05) is 19.2 Å². The van der Waals surface area contributed by atoms with Gasteiger partial charge in [-0.15, -0.1) is 0 Å². The van der Waals surface area contributed by atoms with E-state index in [-0.39, 0.29) is 23.7 Å². The summed E-state index contributed by atoms with van der Waals surface area (Å²) >= 11 is 0. The number of nitrogens with zero attached hydrogens (tertiary/aromatic N) is 2. The van der Waals surface area contributed by atoms with Crippen LogP contribution in [0.25, 0.3) is 0 Å². The first-order chi connectivity index (χ1) is 14.2. The third-order valence-electron chi connectivity index (χ3n) is 5.74. The van der Waals surface area contributed by atoms with Gasteiger partial charge in [-0.2, -0.15) is 0 Å². The van der Waals surface area contributed by atoms with Crippen LogP contribution in [-0.4, -0.2) is 35.4 Å². The van der Waals surface area contributed by atoms with Crippen LogP contribution < -0.4 is 10.1 Å². The molecule has 1 aromatic carbocycles. The molecular formula is C23H25N3O3. The highest BCUT2D eigenvalue weighted by atomic mass is 16.5. The number of amides is 2. The molecule has 1 aliphatic carbocycles. The van der Waals surface area contributed by atoms with Gasteiger partial charge in [-0.05, 0) is 36.5 Å². The molecular weight excluding hydrogens is 366 g/mol. The number of nitrogens with one attached hydrogen (secondary N) is 1. The number of hydrogen-bond donors (Lipinski definition) is 1. The van der Waals surface area contributed by atoms with E-state index in [0.29, 0.717) is 37.5 Å². The Morgan fingerprint density at radius 3 is 2.55 bits per heavy atom. The summed E-state index contributed by atoms with van der Waals surface area (Å²) in [6.07, 6.45) is 7.59. The van der Waals surface area contributed by atoms with Crippen molar-refractivity contribution in [2.24, 2.45) is 11.8 Å². The zero-order chi connectivity index (χ0) is 20.2. The van der Waals surface area contributed by atoms with Gasteiger partial charge in [0.15, 0.2) is 0 Å². The number of hydrogen-bond acceptors (Lipinski definition) is 4.